The number of fused-ring (bicyclic) bond motifs is 4. The van der Waals surface area contributed by atoms with E-state index in [0.29, 0.717) is 17.9 Å². The third-order valence-corrected chi connectivity index (χ3v) is 5.37. The number of halogens is 3. The summed E-state index contributed by atoms with van der Waals surface area (Å²) in [5.41, 5.74) is 4.66. The van der Waals surface area contributed by atoms with E-state index in [0.717, 1.165) is 40.5 Å². The molecule has 3 aromatic carbocycles. The molecular formula is C23H17F3O2. The summed E-state index contributed by atoms with van der Waals surface area (Å²) < 4.78 is 51.6. The Balaban J connectivity index is 1.54. The van der Waals surface area contributed by atoms with Crippen molar-refractivity contribution in [3.63, 3.8) is 0 Å². The molecule has 0 radical (unpaired) electrons. The van der Waals surface area contributed by atoms with Crippen molar-refractivity contribution in [3.05, 3.63) is 81.4 Å². The minimum atomic E-state index is -4.40. The van der Waals surface area contributed by atoms with Crippen molar-refractivity contribution in [2.75, 3.05) is 0 Å². The molecule has 0 saturated carbocycles. The van der Waals surface area contributed by atoms with Gasteiger partial charge in [0, 0.05) is 18.9 Å². The fourth-order valence-corrected chi connectivity index (χ4v) is 4.00. The van der Waals surface area contributed by atoms with Crippen molar-refractivity contribution in [1.29, 1.82) is 0 Å². The highest BCUT2D eigenvalue weighted by Crippen LogP contribution is 2.46. The molecule has 2 heterocycles. The van der Waals surface area contributed by atoms with E-state index in [1.165, 1.54) is 12.5 Å². The number of alkyl halides is 3. The molecule has 0 saturated heterocycles. The molecule has 0 aromatic heterocycles. The highest BCUT2D eigenvalue weighted by Gasteiger charge is 2.34. The van der Waals surface area contributed by atoms with Crippen LogP contribution in [0.1, 0.15) is 38.9 Å². The fourth-order valence-electron chi connectivity index (χ4n) is 4.00. The van der Waals surface area contributed by atoms with Crippen molar-refractivity contribution in [2.45, 2.75) is 32.9 Å². The molecule has 5 rings (SSSR count). The van der Waals surface area contributed by atoms with Gasteiger partial charge in [-0.1, -0.05) is 23.8 Å². The van der Waals surface area contributed by atoms with E-state index >= 15 is 0 Å². The van der Waals surface area contributed by atoms with E-state index in [1.54, 1.807) is 12.1 Å². The first-order chi connectivity index (χ1) is 13.3. The van der Waals surface area contributed by atoms with Crippen molar-refractivity contribution in [3.8, 4) is 23.0 Å². The highest BCUT2D eigenvalue weighted by atomic mass is 19.4. The molecule has 0 amide bonds. The Morgan fingerprint density at radius 1 is 0.679 bits per heavy atom. The largest absolute Gasteiger partial charge is 0.457 e. The number of rotatable bonds is 0. The maximum Gasteiger partial charge on any atom is 0.416 e. The van der Waals surface area contributed by atoms with E-state index in [2.05, 4.69) is 6.07 Å². The summed E-state index contributed by atoms with van der Waals surface area (Å²) in [7, 11) is 0. The minimum Gasteiger partial charge on any atom is -0.457 e. The van der Waals surface area contributed by atoms with E-state index < -0.39 is 11.7 Å². The molecule has 0 aliphatic carbocycles. The van der Waals surface area contributed by atoms with E-state index in [1.807, 2.05) is 25.1 Å². The van der Waals surface area contributed by atoms with E-state index in [9.17, 15) is 13.2 Å². The van der Waals surface area contributed by atoms with Gasteiger partial charge < -0.3 is 9.47 Å². The van der Waals surface area contributed by atoms with E-state index in [-0.39, 0.29) is 11.3 Å². The summed E-state index contributed by atoms with van der Waals surface area (Å²) in [6.07, 6.45) is -3.10. The molecule has 0 unspecified atom stereocenters. The molecule has 28 heavy (non-hydrogen) atoms. The molecule has 0 fully saturated rings. The monoisotopic (exact) mass is 382 g/mol. The summed E-state index contributed by atoms with van der Waals surface area (Å²) in [4.78, 5) is 0. The van der Waals surface area contributed by atoms with Crippen LogP contribution < -0.4 is 9.47 Å². The third kappa shape index (κ3) is 2.73. The average Bonchev–Trinajstić information content (AvgIpc) is 2.62. The number of aryl methyl sites for hydroxylation is 2. The zero-order chi connectivity index (χ0) is 19.6. The lowest BCUT2D eigenvalue weighted by Crippen LogP contribution is -2.12. The van der Waals surface area contributed by atoms with Crippen LogP contribution in [-0.2, 0) is 19.0 Å². The van der Waals surface area contributed by atoms with Crippen LogP contribution in [-0.4, -0.2) is 0 Å². The first-order valence-corrected chi connectivity index (χ1v) is 9.10. The van der Waals surface area contributed by atoms with Crippen LogP contribution in [0.5, 0.6) is 23.0 Å². The van der Waals surface area contributed by atoms with Gasteiger partial charge >= 0.3 is 6.18 Å². The number of hydrogen-bond acceptors (Lipinski definition) is 2. The lowest BCUT2D eigenvalue weighted by atomic mass is 9.92. The second-order valence-electron chi connectivity index (χ2n) is 7.51. The molecular weight excluding hydrogens is 365 g/mol. The molecule has 5 heteroatoms. The molecule has 2 aliphatic rings. The van der Waals surface area contributed by atoms with Crippen molar-refractivity contribution < 1.29 is 22.6 Å². The predicted octanol–water partition coefficient (Wildman–Crippen LogP) is 6.72. The van der Waals surface area contributed by atoms with E-state index in [4.69, 9.17) is 9.47 Å². The maximum absolute atomic E-state index is 13.2. The van der Waals surface area contributed by atoms with Gasteiger partial charge in [-0.15, -0.1) is 0 Å². The Morgan fingerprint density at radius 2 is 1.25 bits per heavy atom. The predicted molar refractivity (Wildman–Crippen MR) is 99.6 cm³/mol. The molecule has 0 N–H and O–H groups in total. The topological polar surface area (TPSA) is 18.5 Å². The Labute approximate surface area is 160 Å². The highest BCUT2D eigenvalue weighted by molar-refractivity contribution is 5.60. The Kier molecular flexibility index (Phi) is 3.54. The standard InChI is InChI=1S/C23H17F3O2/c1-12-3-4-19-14(5-12)7-16-9-17-8-15-6-13(2)18(23(24,25)26)10-20(15)28-22(17)11-21(16)27-19/h3-6,9-11H,7-8H2,1-2H3. The van der Waals surface area contributed by atoms with Gasteiger partial charge in [0.05, 0.1) is 5.56 Å². The molecule has 0 spiro atoms. The molecule has 3 aromatic rings. The summed E-state index contributed by atoms with van der Waals surface area (Å²) in [5.74, 6) is 2.32. The fraction of sp³-hybridized carbons (Fsp3) is 0.217. The van der Waals surface area contributed by atoms with Gasteiger partial charge in [0.2, 0.25) is 0 Å². The molecule has 2 nitrogen and oxygen atoms in total. The second kappa shape index (κ2) is 5.77. The zero-order valence-electron chi connectivity index (χ0n) is 15.4. The van der Waals surface area contributed by atoms with Crippen LogP contribution in [0.4, 0.5) is 13.2 Å². The van der Waals surface area contributed by atoms with Crippen molar-refractivity contribution >= 4 is 0 Å². The lowest BCUT2D eigenvalue weighted by Gasteiger charge is -2.26. The molecule has 142 valence electrons. The Bertz CT molecular complexity index is 1130. The lowest BCUT2D eigenvalue weighted by molar-refractivity contribution is -0.138. The van der Waals surface area contributed by atoms with Crippen LogP contribution in [0.25, 0.3) is 0 Å². The summed E-state index contributed by atoms with van der Waals surface area (Å²) in [5, 5.41) is 0. The molecule has 0 bridgehead atoms. The van der Waals surface area contributed by atoms with Crippen LogP contribution in [0, 0.1) is 13.8 Å². The first-order valence-electron chi connectivity index (χ1n) is 9.10. The Hall–Kier alpha value is -2.95. The van der Waals surface area contributed by atoms with Gasteiger partial charge in [0.25, 0.3) is 0 Å². The first kappa shape index (κ1) is 17.2. The smallest absolute Gasteiger partial charge is 0.416 e. The quantitative estimate of drug-likeness (QED) is 0.296. The van der Waals surface area contributed by atoms with Crippen LogP contribution in [0.3, 0.4) is 0 Å². The van der Waals surface area contributed by atoms with Gasteiger partial charge in [-0.25, -0.2) is 0 Å². The third-order valence-electron chi connectivity index (χ3n) is 5.37. The second-order valence-corrected chi connectivity index (χ2v) is 7.51. The van der Waals surface area contributed by atoms with Gasteiger partial charge in [0.15, 0.2) is 0 Å². The van der Waals surface area contributed by atoms with Gasteiger partial charge in [-0.2, -0.15) is 13.2 Å². The number of benzene rings is 3. The van der Waals surface area contributed by atoms with Crippen LogP contribution >= 0.6 is 0 Å². The number of ether oxygens (including phenoxy) is 2. The summed E-state index contributed by atoms with van der Waals surface area (Å²) >= 11 is 0. The van der Waals surface area contributed by atoms with Crippen LogP contribution in [0.2, 0.25) is 0 Å². The van der Waals surface area contributed by atoms with Crippen molar-refractivity contribution in [1.82, 2.24) is 0 Å². The van der Waals surface area contributed by atoms with Crippen LogP contribution in [0.15, 0.2) is 42.5 Å². The normalized spacial score (nSPS) is 14.2. The maximum atomic E-state index is 13.2. The summed E-state index contributed by atoms with van der Waals surface area (Å²) in [6.45, 7) is 3.53. The molecule has 2 aliphatic heterocycles. The van der Waals surface area contributed by atoms with Crippen molar-refractivity contribution in [2.24, 2.45) is 0 Å². The van der Waals surface area contributed by atoms with Gasteiger partial charge in [-0.05, 0) is 59.9 Å². The molecule has 0 atom stereocenters. The summed E-state index contributed by atoms with van der Waals surface area (Å²) in [6, 6.07) is 12.6. The van der Waals surface area contributed by atoms with Gasteiger partial charge in [-0.3, -0.25) is 0 Å². The minimum absolute atomic E-state index is 0.212. The number of hydrogen-bond donors (Lipinski definition) is 0. The van der Waals surface area contributed by atoms with Gasteiger partial charge in [0.1, 0.15) is 23.0 Å². The Morgan fingerprint density at radius 3 is 1.93 bits per heavy atom. The SMILES string of the molecule is Cc1ccc2c(c1)Cc1cc3c(cc1O2)Oc1cc(C(F)(F)F)c(C)cc1C3. The zero-order valence-corrected chi connectivity index (χ0v) is 15.4. The average molecular weight is 382 g/mol.